The quantitative estimate of drug-likeness (QED) is 0.508. The first-order chi connectivity index (χ1) is 17.0. The summed E-state index contributed by atoms with van der Waals surface area (Å²) in [5.41, 5.74) is 0.448. The molecule has 2 saturated heterocycles. The van der Waals surface area contributed by atoms with Crippen LogP contribution in [0.15, 0.2) is 22.7 Å². The van der Waals surface area contributed by atoms with E-state index in [1.165, 1.54) is 12.5 Å². The number of amides is 1. The van der Waals surface area contributed by atoms with Crippen LogP contribution in [0, 0.1) is 23.6 Å². The molecule has 2 aliphatic heterocycles. The van der Waals surface area contributed by atoms with Crippen molar-refractivity contribution in [3.05, 3.63) is 35.4 Å². The Bertz CT molecular complexity index is 1010. The predicted molar refractivity (Wildman–Crippen MR) is 131 cm³/mol. The van der Waals surface area contributed by atoms with E-state index in [0.29, 0.717) is 29.9 Å². The summed E-state index contributed by atoms with van der Waals surface area (Å²) >= 11 is 0. The number of carbonyl (C=O) groups is 1. The number of rotatable bonds is 9. The molecule has 3 fully saturated rings. The monoisotopic (exact) mass is 484 g/mol. The molecule has 1 aliphatic carbocycles. The van der Waals surface area contributed by atoms with Crippen LogP contribution < -0.4 is 9.64 Å². The predicted octanol–water partition coefficient (Wildman–Crippen LogP) is 4.82. The number of hydrogen-bond acceptors (Lipinski definition) is 6. The van der Waals surface area contributed by atoms with Gasteiger partial charge < -0.3 is 19.1 Å². The molecule has 1 aromatic carbocycles. The van der Waals surface area contributed by atoms with Crippen molar-refractivity contribution in [1.82, 2.24) is 15.0 Å². The highest BCUT2D eigenvalue weighted by Gasteiger charge is 2.43. The fourth-order valence-corrected chi connectivity index (χ4v) is 5.62. The number of benzene rings is 1. The van der Waals surface area contributed by atoms with Gasteiger partial charge in [0.05, 0.1) is 13.0 Å². The summed E-state index contributed by atoms with van der Waals surface area (Å²) in [7, 11) is 0. The number of piperidine rings is 1. The van der Waals surface area contributed by atoms with Gasteiger partial charge >= 0.3 is 6.01 Å². The molecule has 0 bridgehead atoms. The molecular weight excluding hydrogens is 447 g/mol. The van der Waals surface area contributed by atoms with Gasteiger partial charge in [0, 0.05) is 38.2 Å². The van der Waals surface area contributed by atoms with E-state index < -0.39 is 0 Å². The molecule has 5 rings (SSSR count). The van der Waals surface area contributed by atoms with E-state index in [9.17, 15) is 9.18 Å². The molecule has 2 aromatic rings. The zero-order chi connectivity index (χ0) is 24.4. The fraction of sp³-hybridized carbons (Fsp3) is 0.667. The van der Waals surface area contributed by atoms with Crippen molar-refractivity contribution >= 4 is 11.9 Å². The normalized spacial score (nSPS) is 22.7. The zero-order valence-electron chi connectivity index (χ0n) is 20.9. The Balaban J connectivity index is 1.02. The number of likely N-dealkylation sites (tertiary alicyclic amines) is 1. The third kappa shape index (κ3) is 5.78. The van der Waals surface area contributed by atoms with Gasteiger partial charge in [-0.3, -0.25) is 4.79 Å². The van der Waals surface area contributed by atoms with Crippen LogP contribution in [-0.4, -0.2) is 53.7 Å². The Morgan fingerprint density at radius 2 is 1.97 bits per heavy atom. The van der Waals surface area contributed by atoms with Crippen LogP contribution in [0.5, 0.6) is 5.75 Å². The van der Waals surface area contributed by atoms with Gasteiger partial charge in [-0.15, -0.1) is 0 Å². The van der Waals surface area contributed by atoms with Crippen LogP contribution in [0.2, 0.25) is 0 Å². The number of anilines is 1. The molecular formula is C27H37FN4O3. The number of carbonyl (C=O) groups excluding carboxylic acids is 1. The van der Waals surface area contributed by atoms with E-state index in [1.807, 2.05) is 4.90 Å². The highest BCUT2D eigenvalue weighted by molar-refractivity contribution is 5.79. The number of halogens is 1. The average Bonchev–Trinajstić information content (AvgIpc) is 3.24. The van der Waals surface area contributed by atoms with Gasteiger partial charge in [-0.05, 0) is 67.9 Å². The van der Waals surface area contributed by atoms with Gasteiger partial charge in [0.15, 0.2) is 5.82 Å². The van der Waals surface area contributed by atoms with E-state index in [-0.39, 0.29) is 24.1 Å². The highest BCUT2D eigenvalue weighted by Crippen LogP contribution is 2.50. The lowest BCUT2D eigenvalue weighted by atomic mass is 9.90. The van der Waals surface area contributed by atoms with Crippen molar-refractivity contribution in [3.8, 4) is 5.75 Å². The zero-order valence-corrected chi connectivity index (χ0v) is 20.9. The van der Waals surface area contributed by atoms with Gasteiger partial charge in [-0.1, -0.05) is 25.1 Å². The minimum Gasteiger partial charge on any atom is -0.493 e. The molecule has 2 unspecified atom stereocenters. The fourth-order valence-electron chi connectivity index (χ4n) is 5.62. The van der Waals surface area contributed by atoms with Gasteiger partial charge in [-0.25, -0.2) is 4.39 Å². The first-order valence-corrected chi connectivity index (χ1v) is 13.3. The largest absolute Gasteiger partial charge is 0.493 e. The summed E-state index contributed by atoms with van der Waals surface area (Å²) in [5.74, 6) is 3.47. The number of hydrogen-bond donors (Lipinski definition) is 0. The van der Waals surface area contributed by atoms with Crippen LogP contribution in [0.25, 0.3) is 0 Å². The Morgan fingerprint density at radius 1 is 1.20 bits per heavy atom. The molecule has 1 amide bonds. The Hall–Kier alpha value is -2.64. The lowest BCUT2D eigenvalue weighted by Gasteiger charge is -2.30. The van der Waals surface area contributed by atoms with Crippen molar-refractivity contribution in [2.45, 2.75) is 64.7 Å². The second-order valence-electron chi connectivity index (χ2n) is 10.7. The number of aromatic nitrogens is 2. The maximum absolute atomic E-state index is 14.5. The molecule has 190 valence electrons. The van der Waals surface area contributed by atoms with Crippen molar-refractivity contribution in [3.63, 3.8) is 0 Å². The minimum atomic E-state index is -0.354. The van der Waals surface area contributed by atoms with E-state index in [2.05, 4.69) is 28.9 Å². The van der Waals surface area contributed by atoms with Crippen molar-refractivity contribution in [1.29, 1.82) is 0 Å². The number of nitrogens with zero attached hydrogens (tertiary/aromatic N) is 4. The standard InChI is InChI=1S/C27H37FN4O3/c1-18(2)26-29-27(35-30-26)32-12-7-19(8-13-32)23-15-20(23)9-14-34-22-6-5-21(24(28)17-22)16-25(33)31-10-3-4-11-31/h5-6,17-20,23H,3-4,7-16H2,1-2H3. The first-order valence-electron chi connectivity index (χ1n) is 13.3. The van der Waals surface area contributed by atoms with Gasteiger partial charge in [0.2, 0.25) is 5.91 Å². The second kappa shape index (κ2) is 10.5. The average molecular weight is 485 g/mol. The molecule has 3 aliphatic rings. The third-order valence-electron chi connectivity index (χ3n) is 7.92. The SMILES string of the molecule is CC(C)c1noc(N2CCC(C3CC3CCOc3ccc(CC(=O)N4CCCC4)c(F)c3)CC2)n1. The summed E-state index contributed by atoms with van der Waals surface area (Å²) in [6.07, 6.45) is 6.79. The first kappa shape index (κ1) is 24.1. The summed E-state index contributed by atoms with van der Waals surface area (Å²) in [6.45, 7) is 8.27. The van der Waals surface area contributed by atoms with Gasteiger partial charge in [0.1, 0.15) is 11.6 Å². The molecule has 8 heteroatoms. The summed E-state index contributed by atoms with van der Waals surface area (Å²) < 4.78 is 25.8. The Labute approximate surface area is 207 Å². The van der Waals surface area contributed by atoms with Crippen molar-refractivity contribution in [2.24, 2.45) is 17.8 Å². The minimum absolute atomic E-state index is 0.0121. The van der Waals surface area contributed by atoms with Gasteiger partial charge in [0.25, 0.3) is 0 Å². The van der Waals surface area contributed by atoms with E-state index >= 15 is 0 Å². The molecule has 35 heavy (non-hydrogen) atoms. The molecule has 0 N–H and O–H groups in total. The number of ether oxygens (including phenoxy) is 1. The smallest absolute Gasteiger partial charge is 0.324 e. The molecule has 0 spiro atoms. The van der Waals surface area contributed by atoms with Gasteiger partial charge in [-0.2, -0.15) is 4.98 Å². The molecule has 1 aromatic heterocycles. The third-order valence-corrected chi connectivity index (χ3v) is 7.92. The second-order valence-corrected chi connectivity index (χ2v) is 10.7. The topological polar surface area (TPSA) is 71.7 Å². The van der Waals surface area contributed by atoms with Crippen LogP contribution in [0.1, 0.15) is 69.7 Å². The maximum atomic E-state index is 14.5. The van der Waals surface area contributed by atoms with Crippen LogP contribution in [0.4, 0.5) is 10.4 Å². The van der Waals surface area contributed by atoms with Crippen molar-refractivity contribution in [2.75, 3.05) is 37.7 Å². The van der Waals surface area contributed by atoms with Crippen LogP contribution in [0.3, 0.4) is 0 Å². The van der Waals surface area contributed by atoms with Crippen molar-refractivity contribution < 1.29 is 18.4 Å². The van der Waals surface area contributed by atoms with E-state index in [0.717, 1.165) is 75.9 Å². The summed E-state index contributed by atoms with van der Waals surface area (Å²) in [4.78, 5) is 20.9. The Morgan fingerprint density at radius 3 is 2.66 bits per heavy atom. The van der Waals surface area contributed by atoms with E-state index in [4.69, 9.17) is 9.26 Å². The van der Waals surface area contributed by atoms with Crippen LogP contribution >= 0.6 is 0 Å². The molecule has 1 saturated carbocycles. The molecule has 0 radical (unpaired) electrons. The molecule has 7 nitrogen and oxygen atoms in total. The lowest BCUT2D eigenvalue weighted by Crippen LogP contribution is -2.34. The molecule has 3 heterocycles. The highest BCUT2D eigenvalue weighted by atomic mass is 19.1. The Kier molecular flexibility index (Phi) is 7.25. The maximum Gasteiger partial charge on any atom is 0.324 e. The van der Waals surface area contributed by atoms with Crippen LogP contribution in [-0.2, 0) is 11.2 Å². The van der Waals surface area contributed by atoms with E-state index in [1.54, 1.807) is 12.1 Å². The molecule has 2 atom stereocenters. The summed E-state index contributed by atoms with van der Waals surface area (Å²) in [5, 5.41) is 4.09. The summed E-state index contributed by atoms with van der Waals surface area (Å²) in [6, 6.07) is 5.57. The lowest BCUT2D eigenvalue weighted by molar-refractivity contribution is -0.129.